The Balaban J connectivity index is 2.02. The molecule has 3 nitrogen and oxygen atoms in total. The maximum absolute atomic E-state index is 5.80. The molecule has 2 heterocycles. The van der Waals surface area contributed by atoms with E-state index in [4.69, 9.17) is 14.2 Å². The van der Waals surface area contributed by atoms with Gasteiger partial charge in [0.15, 0.2) is 6.29 Å². The highest BCUT2D eigenvalue weighted by molar-refractivity contribution is 4.81. The maximum atomic E-state index is 5.80. The van der Waals surface area contributed by atoms with Crippen LogP contribution in [0.2, 0.25) is 0 Å². The lowest BCUT2D eigenvalue weighted by Gasteiger charge is -2.43. The zero-order valence-electron chi connectivity index (χ0n) is 8.53. The first kappa shape index (κ1) is 9.44. The highest BCUT2D eigenvalue weighted by Crippen LogP contribution is 2.31. The van der Waals surface area contributed by atoms with E-state index in [1.165, 1.54) is 0 Å². The standard InChI is InChI=1S/C10H18O3/c1-6-4-7(2)13-10-9(6)12-8(3)5-11-10/h6-10H,4-5H2,1-3H3. The molecule has 3 heteroatoms. The highest BCUT2D eigenvalue weighted by atomic mass is 16.7. The number of hydrogen-bond acceptors (Lipinski definition) is 3. The number of fused-ring (bicyclic) bond motifs is 1. The van der Waals surface area contributed by atoms with E-state index in [9.17, 15) is 0 Å². The molecule has 5 unspecified atom stereocenters. The molecule has 0 amide bonds. The van der Waals surface area contributed by atoms with Gasteiger partial charge in [-0.3, -0.25) is 0 Å². The monoisotopic (exact) mass is 186 g/mol. The molecule has 0 spiro atoms. The van der Waals surface area contributed by atoms with E-state index < -0.39 is 0 Å². The van der Waals surface area contributed by atoms with E-state index in [1.807, 2.05) is 6.92 Å². The first-order valence-electron chi connectivity index (χ1n) is 5.09. The largest absolute Gasteiger partial charge is 0.367 e. The zero-order valence-corrected chi connectivity index (χ0v) is 8.53. The van der Waals surface area contributed by atoms with Gasteiger partial charge in [0, 0.05) is 0 Å². The van der Waals surface area contributed by atoms with Crippen LogP contribution in [0.4, 0.5) is 0 Å². The van der Waals surface area contributed by atoms with Crippen LogP contribution in [-0.2, 0) is 14.2 Å². The molecule has 0 aliphatic carbocycles. The van der Waals surface area contributed by atoms with E-state index in [0.29, 0.717) is 18.6 Å². The fourth-order valence-corrected chi connectivity index (χ4v) is 2.16. The molecule has 76 valence electrons. The van der Waals surface area contributed by atoms with Crippen molar-refractivity contribution < 1.29 is 14.2 Å². The first-order chi connectivity index (χ1) is 6.16. The van der Waals surface area contributed by atoms with Crippen LogP contribution in [0, 0.1) is 5.92 Å². The molecule has 2 rings (SSSR count). The van der Waals surface area contributed by atoms with Gasteiger partial charge in [0.05, 0.1) is 18.8 Å². The smallest absolute Gasteiger partial charge is 0.184 e. The van der Waals surface area contributed by atoms with E-state index >= 15 is 0 Å². The second-order valence-electron chi connectivity index (χ2n) is 4.27. The van der Waals surface area contributed by atoms with Crippen molar-refractivity contribution in [3.8, 4) is 0 Å². The van der Waals surface area contributed by atoms with E-state index in [0.717, 1.165) is 6.42 Å². The molecular weight excluding hydrogens is 168 g/mol. The molecule has 13 heavy (non-hydrogen) atoms. The predicted molar refractivity (Wildman–Crippen MR) is 48.4 cm³/mol. The molecule has 2 saturated heterocycles. The summed E-state index contributed by atoms with van der Waals surface area (Å²) in [6.45, 7) is 6.99. The van der Waals surface area contributed by atoms with Gasteiger partial charge in [0.1, 0.15) is 6.10 Å². The van der Waals surface area contributed by atoms with Gasteiger partial charge in [0.2, 0.25) is 0 Å². The van der Waals surface area contributed by atoms with Crippen LogP contribution in [0.15, 0.2) is 0 Å². The topological polar surface area (TPSA) is 27.7 Å². The minimum atomic E-state index is -0.130. The third kappa shape index (κ3) is 1.87. The van der Waals surface area contributed by atoms with Crippen LogP contribution in [0.1, 0.15) is 27.2 Å². The van der Waals surface area contributed by atoms with Gasteiger partial charge in [0.25, 0.3) is 0 Å². The molecule has 0 aromatic rings. The van der Waals surface area contributed by atoms with Crippen molar-refractivity contribution in [2.75, 3.05) is 6.61 Å². The Kier molecular flexibility index (Phi) is 2.58. The average molecular weight is 186 g/mol. The molecule has 0 radical (unpaired) electrons. The minimum Gasteiger partial charge on any atom is -0.367 e. The summed E-state index contributed by atoms with van der Waals surface area (Å²) >= 11 is 0. The maximum Gasteiger partial charge on any atom is 0.184 e. The minimum absolute atomic E-state index is 0.130. The van der Waals surface area contributed by atoms with E-state index in [2.05, 4.69) is 13.8 Å². The van der Waals surface area contributed by atoms with Crippen molar-refractivity contribution in [3.63, 3.8) is 0 Å². The van der Waals surface area contributed by atoms with Crippen molar-refractivity contribution in [3.05, 3.63) is 0 Å². The average Bonchev–Trinajstić information content (AvgIpc) is 2.06. The summed E-state index contributed by atoms with van der Waals surface area (Å²) in [5, 5.41) is 0. The van der Waals surface area contributed by atoms with Crippen molar-refractivity contribution >= 4 is 0 Å². The van der Waals surface area contributed by atoms with Crippen molar-refractivity contribution in [1.82, 2.24) is 0 Å². The van der Waals surface area contributed by atoms with Crippen LogP contribution < -0.4 is 0 Å². The van der Waals surface area contributed by atoms with Crippen LogP contribution in [0.25, 0.3) is 0 Å². The second-order valence-corrected chi connectivity index (χ2v) is 4.27. The zero-order chi connectivity index (χ0) is 9.42. The molecule has 2 fully saturated rings. The lowest BCUT2D eigenvalue weighted by molar-refractivity contribution is -0.311. The van der Waals surface area contributed by atoms with Crippen molar-refractivity contribution in [2.24, 2.45) is 5.92 Å². The van der Waals surface area contributed by atoms with Crippen molar-refractivity contribution in [2.45, 2.75) is 51.8 Å². The predicted octanol–water partition coefficient (Wildman–Crippen LogP) is 1.56. The third-order valence-electron chi connectivity index (χ3n) is 2.78. The van der Waals surface area contributed by atoms with Gasteiger partial charge >= 0.3 is 0 Å². The quantitative estimate of drug-likeness (QED) is 0.574. The molecule has 0 N–H and O–H groups in total. The lowest BCUT2D eigenvalue weighted by Crippen LogP contribution is -2.52. The SMILES string of the molecule is CC1CC(C)C2OC(C)COC2O1. The molecular formula is C10H18O3. The number of ether oxygens (including phenoxy) is 3. The fraction of sp³-hybridized carbons (Fsp3) is 1.00. The van der Waals surface area contributed by atoms with Crippen LogP contribution in [0.3, 0.4) is 0 Å². The Morgan fingerprint density at radius 2 is 1.77 bits per heavy atom. The normalized spacial score (nSPS) is 51.5. The molecule has 0 saturated carbocycles. The van der Waals surface area contributed by atoms with Crippen LogP contribution in [-0.4, -0.2) is 31.2 Å². The van der Waals surface area contributed by atoms with Gasteiger partial charge in [-0.15, -0.1) is 0 Å². The van der Waals surface area contributed by atoms with Gasteiger partial charge < -0.3 is 14.2 Å². The lowest BCUT2D eigenvalue weighted by atomic mass is 9.94. The summed E-state index contributed by atoms with van der Waals surface area (Å²) in [5.74, 6) is 0.538. The highest BCUT2D eigenvalue weighted by Gasteiger charge is 2.40. The summed E-state index contributed by atoms with van der Waals surface area (Å²) in [6.07, 6.45) is 1.58. The summed E-state index contributed by atoms with van der Waals surface area (Å²) in [5.41, 5.74) is 0. The Labute approximate surface area is 79.4 Å². The Bertz CT molecular complexity index is 183. The summed E-state index contributed by atoms with van der Waals surface area (Å²) < 4.78 is 17.1. The molecule has 2 aliphatic heterocycles. The molecule has 2 aliphatic rings. The number of hydrogen-bond donors (Lipinski definition) is 0. The summed E-state index contributed by atoms with van der Waals surface area (Å²) in [7, 11) is 0. The fourth-order valence-electron chi connectivity index (χ4n) is 2.16. The first-order valence-corrected chi connectivity index (χ1v) is 5.09. The Hall–Kier alpha value is -0.120. The summed E-state index contributed by atoms with van der Waals surface area (Å²) in [6, 6.07) is 0. The molecule has 5 atom stereocenters. The van der Waals surface area contributed by atoms with E-state index in [1.54, 1.807) is 0 Å². The van der Waals surface area contributed by atoms with Crippen LogP contribution in [0.5, 0.6) is 0 Å². The molecule has 0 aromatic heterocycles. The Morgan fingerprint density at radius 1 is 1.00 bits per heavy atom. The van der Waals surface area contributed by atoms with Gasteiger partial charge in [-0.25, -0.2) is 0 Å². The van der Waals surface area contributed by atoms with E-state index in [-0.39, 0.29) is 18.5 Å². The molecule has 0 bridgehead atoms. The van der Waals surface area contributed by atoms with Gasteiger partial charge in [-0.1, -0.05) is 6.92 Å². The molecule has 0 aromatic carbocycles. The second kappa shape index (κ2) is 3.56. The summed E-state index contributed by atoms with van der Waals surface area (Å²) in [4.78, 5) is 0. The van der Waals surface area contributed by atoms with Gasteiger partial charge in [-0.05, 0) is 26.2 Å². The number of rotatable bonds is 0. The Morgan fingerprint density at radius 3 is 2.54 bits per heavy atom. The third-order valence-corrected chi connectivity index (χ3v) is 2.78. The van der Waals surface area contributed by atoms with Crippen LogP contribution >= 0.6 is 0 Å². The van der Waals surface area contributed by atoms with Crippen molar-refractivity contribution in [1.29, 1.82) is 0 Å². The van der Waals surface area contributed by atoms with Gasteiger partial charge in [-0.2, -0.15) is 0 Å².